The summed E-state index contributed by atoms with van der Waals surface area (Å²) < 4.78 is 31.0. The Morgan fingerprint density at radius 1 is 1.16 bits per heavy atom. The third-order valence-electron chi connectivity index (χ3n) is 2.58. The minimum Gasteiger partial charge on any atom is -0.740 e. The van der Waals surface area contributed by atoms with Gasteiger partial charge in [0.15, 0.2) is 0 Å². The lowest BCUT2D eigenvalue weighted by molar-refractivity contribution is 0.304. The lowest BCUT2D eigenvalue weighted by Gasteiger charge is -2.11. The molecule has 5 nitrogen and oxygen atoms in total. The summed E-state index contributed by atoms with van der Waals surface area (Å²) in [5.41, 5.74) is 6.05. The molecule has 0 bridgehead atoms. The fourth-order valence-corrected chi connectivity index (χ4v) is 1.95. The zero-order chi connectivity index (χ0) is 14.1. The highest BCUT2D eigenvalue weighted by atomic mass is 32.2. The average Bonchev–Trinajstić information content (AvgIpc) is 2.32. The van der Waals surface area contributed by atoms with Crippen molar-refractivity contribution in [1.29, 1.82) is 0 Å². The van der Waals surface area contributed by atoms with E-state index in [2.05, 4.69) is 11.1 Å². The van der Waals surface area contributed by atoms with Gasteiger partial charge in [-0.05, 0) is 6.42 Å². The predicted molar refractivity (Wildman–Crippen MR) is 74.7 cm³/mol. The van der Waals surface area contributed by atoms with Gasteiger partial charge in [0.2, 0.25) is 0 Å². The lowest BCUT2D eigenvalue weighted by atomic mass is 10.2. The van der Waals surface area contributed by atoms with Gasteiger partial charge in [-0.1, -0.05) is 32.6 Å². The molecule has 2 N–H and O–H groups in total. The number of nitrogens with two attached hydrogens (primary N) is 1. The van der Waals surface area contributed by atoms with Crippen LogP contribution in [0.3, 0.4) is 0 Å². The van der Waals surface area contributed by atoms with Crippen molar-refractivity contribution < 1.29 is 17.7 Å². The van der Waals surface area contributed by atoms with E-state index in [1.54, 1.807) is 6.07 Å². The number of unbranched alkanes of at least 4 members (excludes halogenated alkanes) is 4. The zero-order valence-electron chi connectivity index (χ0n) is 11.1. The molecule has 19 heavy (non-hydrogen) atoms. The maximum atomic E-state index is 10.4. The number of hydrogen-bond acceptors (Lipinski definition) is 5. The van der Waals surface area contributed by atoms with Crippen molar-refractivity contribution in [3.8, 4) is 11.5 Å². The quantitative estimate of drug-likeness (QED) is 0.428. The molecule has 0 spiro atoms. The van der Waals surface area contributed by atoms with Crippen LogP contribution in [0.2, 0.25) is 0 Å². The molecular weight excluding hydrogens is 266 g/mol. The van der Waals surface area contributed by atoms with Gasteiger partial charge in [0.05, 0.1) is 6.61 Å². The van der Waals surface area contributed by atoms with Crippen molar-refractivity contribution in [3.05, 3.63) is 18.2 Å². The van der Waals surface area contributed by atoms with Gasteiger partial charge in [-0.2, -0.15) is 0 Å². The summed E-state index contributed by atoms with van der Waals surface area (Å²) >= 11 is -2.61. The Labute approximate surface area is 116 Å². The van der Waals surface area contributed by atoms with E-state index in [0.29, 0.717) is 18.0 Å². The predicted octanol–water partition coefficient (Wildman–Crippen LogP) is 2.79. The van der Waals surface area contributed by atoms with Crippen LogP contribution in [-0.4, -0.2) is 15.4 Å². The smallest absolute Gasteiger partial charge is 0.144 e. The molecule has 1 aromatic carbocycles. The Hall–Kier alpha value is -1.27. The Bertz CT molecular complexity index is 412. The molecule has 0 saturated carbocycles. The van der Waals surface area contributed by atoms with Gasteiger partial charge in [0.25, 0.3) is 0 Å². The van der Waals surface area contributed by atoms with Crippen LogP contribution in [0.15, 0.2) is 18.2 Å². The molecule has 0 aliphatic rings. The van der Waals surface area contributed by atoms with Crippen LogP contribution in [0.1, 0.15) is 39.0 Å². The van der Waals surface area contributed by atoms with E-state index >= 15 is 0 Å². The zero-order valence-corrected chi connectivity index (χ0v) is 11.9. The van der Waals surface area contributed by atoms with Crippen molar-refractivity contribution in [3.63, 3.8) is 0 Å². The molecule has 0 heterocycles. The van der Waals surface area contributed by atoms with E-state index in [1.165, 1.54) is 31.4 Å². The Kier molecular flexibility index (Phi) is 7.28. The minimum atomic E-state index is -2.61. The molecule has 0 aromatic heterocycles. The van der Waals surface area contributed by atoms with Crippen LogP contribution in [0.4, 0.5) is 5.69 Å². The first-order valence-electron chi connectivity index (χ1n) is 6.42. The van der Waals surface area contributed by atoms with E-state index in [4.69, 9.17) is 10.5 Å². The van der Waals surface area contributed by atoms with E-state index in [0.717, 1.165) is 12.8 Å². The highest BCUT2D eigenvalue weighted by Gasteiger charge is 2.02. The summed E-state index contributed by atoms with van der Waals surface area (Å²) in [4.78, 5) is 0. The SMILES string of the molecule is CCCCCCCOc1cc(N)cc(OS(=O)[O-])c1. The van der Waals surface area contributed by atoms with Gasteiger partial charge in [-0.3, -0.25) is 0 Å². The number of hydrogen-bond donors (Lipinski definition) is 1. The summed E-state index contributed by atoms with van der Waals surface area (Å²) in [6, 6.07) is 4.59. The molecule has 108 valence electrons. The van der Waals surface area contributed by atoms with E-state index in [9.17, 15) is 8.76 Å². The number of anilines is 1. The van der Waals surface area contributed by atoms with Crippen LogP contribution in [0, 0.1) is 0 Å². The van der Waals surface area contributed by atoms with E-state index < -0.39 is 11.4 Å². The molecule has 0 saturated heterocycles. The summed E-state index contributed by atoms with van der Waals surface area (Å²) in [6.07, 6.45) is 5.76. The van der Waals surface area contributed by atoms with Gasteiger partial charge in [0.1, 0.15) is 22.9 Å². The first-order chi connectivity index (χ1) is 9.11. The Balaban J connectivity index is 2.40. The molecule has 0 aliphatic carbocycles. The number of ether oxygens (including phenoxy) is 1. The second-order valence-electron chi connectivity index (χ2n) is 4.29. The van der Waals surface area contributed by atoms with Gasteiger partial charge in [-0.15, -0.1) is 0 Å². The van der Waals surface area contributed by atoms with Crippen molar-refractivity contribution in [2.45, 2.75) is 39.0 Å². The van der Waals surface area contributed by atoms with Crippen LogP contribution in [-0.2, 0) is 11.4 Å². The molecule has 0 radical (unpaired) electrons. The normalized spacial score (nSPS) is 12.1. The Morgan fingerprint density at radius 2 is 1.84 bits per heavy atom. The number of benzene rings is 1. The van der Waals surface area contributed by atoms with Crippen molar-refractivity contribution in [1.82, 2.24) is 0 Å². The molecule has 0 amide bonds. The second-order valence-corrected chi connectivity index (χ2v) is 4.86. The van der Waals surface area contributed by atoms with Crippen LogP contribution in [0.5, 0.6) is 11.5 Å². The van der Waals surface area contributed by atoms with Crippen LogP contribution in [0.25, 0.3) is 0 Å². The summed E-state index contributed by atoms with van der Waals surface area (Å²) in [5, 5.41) is 0. The molecule has 0 fully saturated rings. The summed E-state index contributed by atoms with van der Waals surface area (Å²) in [6.45, 7) is 2.76. The first-order valence-corrected chi connectivity index (χ1v) is 7.42. The second kappa shape index (κ2) is 8.77. The molecule has 0 aliphatic heterocycles. The largest absolute Gasteiger partial charge is 0.740 e. The maximum absolute atomic E-state index is 10.4. The monoisotopic (exact) mass is 286 g/mol. The lowest BCUT2D eigenvalue weighted by Crippen LogP contribution is -2.01. The first kappa shape index (κ1) is 15.8. The Morgan fingerprint density at radius 3 is 2.53 bits per heavy atom. The highest BCUT2D eigenvalue weighted by molar-refractivity contribution is 7.74. The van der Waals surface area contributed by atoms with E-state index in [1.807, 2.05) is 0 Å². The van der Waals surface area contributed by atoms with Crippen LogP contribution < -0.4 is 14.7 Å². The molecular formula is C13H20NO4S-. The fraction of sp³-hybridized carbons (Fsp3) is 0.538. The summed E-state index contributed by atoms with van der Waals surface area (Å²) in [7, 11) is 0. The molecule has 1 unspecified atom stereocenters. The third-order valence-corrected chi connectivity index (χ3v) is 2.91. The van der Waals surface area contributed by atoms with Crippen LogP contribution >= 0.6 is 0 Å². The maximum Gasteiger partial charge on any atom is 0.144 e. The minimum absolute atomic E-state index is 0.161. The van der Waals surface area contributed by atoms with Crippen molar-refractivity contribution >= 4 is 17.0 Å². The topological polar surface area (TPSA) is 84.6 Å². The van der Waals surface area contributed by atoms with Crippen molar-refractivity contribution in [2.75, 3.05) is 12.3 Å². The molecule has 1 atom stereocenters. The van der Waals surface area contributed by atoms with Gasteiger partial charge < -0.3 is 19.2 Å². The van der Waals surface area contributed by atoms with Crippen molar-refractivity contribution in [2.24, 2.45) is 0 Å². The average molecular weight is 286 g/mol. The van der Waals surface area contributed by atoms with Gasteiger partial charge in [0, 0.05) is 23.9 Å². The number of nitrogen functional groups attached to an aromatic ring is 1. The highest BCUT2D eigenvalue weighted by Crippen LogP contribution is 2.25. The molecule has 1 aromatic rings. The van der Waals surface area contributed by atoms with Gasteiger partial charge >= 0.3 is 0 Å². The van der Waals surface area contributed by atoms with E-state index in [-0.39, 0.29) is 5.75 Å². The molecule has 1 rings (SSSR count). The number of rotatable bonds is 9. The third kappa shape index (κ3) is 7.03. The molecule has 6 heteroatoms. The van der Waals surface area contributed by atoms with Gasteiger partial charge in [-0.25, -0.2) is 4.21 Å². The fourth-order valence-electron chi connectivity index (χ4n) is 1.70. The summed E-state index contributed by atoms with van der Waals surface area (Å²) in [5.74, 6) is 0.685. The standard InChI is InChI=1S/C13H21NO4S/c1-2-3-4-5-6-7-17-12-8-11(14)9-13(10-12)18-19(15)16/h8-10H,2-7,14H2,1H3,(H,15,16)/p-1.